The standard InChI is InChI=1S/C18H31N/c1-12-13(2)15(4)17(16(5)14(12)3)10-18(6,7)11-19(8)9/h10-11H2,1-9H3. The first-order valence-electron chi connectivity index (χ1n) is 7.27. The fourth-order valence-electron chi connectivity index (χ4n) is 3.23. The van der Waals surface area contributed by atoms with Crippen molar-refractivity contribution in [3.63, 3.8) is 0 Å². The van der Waals surface area contributed by atoms with Crippen molar-refractivity contribution < 1.29 is 0 Å². The Bertz CT molecular complexity index is 438. The summed E-state index contributed by atoms with van der Waals surface area (Å²) in [4.78, 5) is 2.29. The molecule has 108 valence electrons. The van der Waals surface area contributed by atoms with E-state index in [9.17, 15) is 0 Å². The van der Waals surface area contributed by atoms with Crippen LogP contribution in [0.25, 0.3) is 0 Å². The van der Waals surface area contributed by atoms with Gasteiger partial charge in [0, 0.05) is 6.54 Å². The van der Waals surface area contributed by atoms with E-state index in [4.69, 9.17) is 0 Å². The first-order valence-corrected chi connectivity index (χ1v) is 7.27. The lowest BCUT2D eigenvalue weighted by Crippen LogP contribution is -2.31. The Kier molecular flexibility index (Phi) is 4.84. The van der Waals surface area contributed by atoms with Gasteiger partial charge in [-0.2, -0.15) is 0 Å². The summed E-state index contributed by atoms with van der Waals surface area (Å²) in [7, 11) is 4.32. The topological polar surface area (TPSA) is 3.24 Å². The fraction of sp³-hybridized carbons (Fsp3) is 0.667. The SMILES string of the molecule is Cc1c(C)c(C)c(CC(C)(C)CN(C)C)c(C)c1C. The maximum atomic E-state index is 2.37. The first kappa shape index (κ1) is 16.2. The van der Waals surface area contributed by atoms with Crippen LogP contribution in [0.3, 0.4) is 0 Å². The Morgan fingerprint density at radius 1 is 0.737 bits per heavy atom. The van der Waals surface area contributed by atoms with Gasteiger partial charge in [0.15, 0.2) is 0 Å². The minimum atomic E-state index is 0.313. The third-order valence-electron chi connectivity index (χ3n) is 4.55. The molecule has 0 saturated heterocycles. The second kappa shape index (κ2) is 5.66. The summed E-state index contributed by atoms with van der Waals surface area (Å²) in [6, 6.07) is 0. The van der Waals surface area contributed by atoms with E-state index in [0.717, 1.165) is 13.0 Å². The highest BCUT2D eigenvalue weighted by molar-refractivity contribution is 5.49. The van der Waals surface area contributed by atoms with Gasteiger partial charge in [-0.1, -0.05) is 13.8 Å². The molecule has 1 heteroatoms. The summed E-state index contributed by atoms with van der Waals surface area (Å²) in [5, 5.41) is 0. The molecule has 0 aliphatic heterocycles. The minimum absolute atomic E-state index is 0.313. The van der Waals surface area contributed by atoms with E-state index in [1.165, 1.54) is 27.8 Å². The molecule has 0 aliphatic rings. The Hall–Kier alpha value is -0.820. The van der Waals surface area contributed by atoms with E-state index in [1.54, 1.807) is 5.56 Å². The molecule has 0 saturated carbocycles. The molecule has 0 fully saturated rings. The highest BCUT2D eigenvalue weighted by Crippen LogP contribution is 2.31. The quantitative estimate of drug-likeness (QED) is 0.778. The number of hydrogen-bond donors (Lipinski definition) is 0. The lowest BCUT2D eigenvalue weighted by molar-refractivity contribution is 0.238. The second-order valence-electron chi connectivity index (χ2n) is 7.18. The molecule has 0 aromatic heterocycles. The summed E-state index contributed by atoms with van der Waals surface area (Å²) >= 11 is 0. The van der Waals surface area contributed by atoms with Crippen molar-refractivity contribution in [2.75, 3.05) is 20.6 Å². The average Bonchev–Trinajstić information content (AvgIpc) is 2.28. The minimum Gasteiger partial charge on any atom is -0.309 e. The van der Waals surface area contributed by atoms with Gasteiger partial charge in [-0.15, -0.1) is 0 Å². The molecular formula is C18H31N. The normalized spacial score (nSPS) is 12.3. The van der Waals surface area contributed by atoms with Crippen molar-refractivity contribution in [2.45, 2.75) is 54.9 Å². The van der Waals surface area contributed by atoms with Crippen LogP contribution in [-0.2, 0) is 6.42 Å². The molecule has 0 bridgehead atoms. The van der Waals surface area contributed by atoms with E-state index in [1.807, 2.05) is 0 Å². The summed E-state index contributed by atoms with van der Waals surface area (Å²) in [5.41, 5.74) is 9.27. The van der Waals surface area contributed by atoms with Crippen LogP contribution in [0.15, 0.2) is 0 Å². The molecule has 1 rings (SSSR count). The summed E-state index contributed by atoms with van der Waals surface area (Å²) in [6.07, 6.45) is 1.16. The summed E-state index contributed by atoms with van der Waals surface area (Å²) < 4.78 is 0. The molecule has 0 amide bonds. The van der Waals surface area contributed by atoms with Crippen LogP contribution in [0.4, 0.5) is 0 Å². The zero-order valence-electron chi connectivity index (χ0n) is 14.4. The largest absolute Gasteiger partial charge is 0.309 e. The predicted octanol–water partition coefficient (Wildman–Crippen LogP) is 4.36. The maximum absolute atomic E-state index is 2.37. The molecule has 0 atom stereocenters. The average molecular weight is 261 g/mol. The smallest absolute Gasteiger partial charge is 0.00298 e. The molecule has 0 radical (unpaired) electrons. The first-order chi connectivity index (χ1) is 8.57. The third-order valence-corrected chi connectivity index (χ3v) is 4.55. The van der Waals surface area contributed by atoms with E-state index >= 15 is 0 Å². The zero-order chi connectivity index (χ0) is 15.0. The van der Waals surface area contributed by atoms with Crippen LogP contribution >= 0.6 is 0 Å². The van der Waals surface area contributed by atoms with Crippen molar-refractivity contribution >= 4 is 0 Å². The molecule has 1 aromatic rings. The number of nitrogens with zero attached hydrogens (tertiary/aromatic N) is 1. The highest BCUT2D eigenvalue weighted by Gasteiger charge is 2.23. The van der Waals surface area contributed by atoms with Crippen molar-refractivity contribution in [2.24, 2.45) is 5.41 Å². The van der Waals surface area contributed by atoms with E-state index in [2.05, 4.69) is 67.5 Å². The molecule has 0 heterocycles. The fourth-order valence-corrected chi connectivity index (χ4v) is 3.23. The second-order valence-corrected chi connectivity index (χ2v) is 7.18. The molecule has 0 spiro atoms. The number of benzene rings is 1. The predicted molar refractivity (Wildman–Crippen MR) is 86.2 cm³/mol. The van der Waals surface area contributed by atoms with Crippen molar-refractivity contribution in [1.29, 1.82) is 0 Å². The van der Waals surface area contributed by atoms with Gasteiger partial charge in [0.1, 0.15) is 0 Å². The van der Waals surface area contributed by atoms with Crippen molar-refractivity contribution in [3.8, 4) is 0 Å². The summed E-state index contributed by atoms with van der Waals surface area (Å²) in [6.45, 7) is 17.2. The number of hydrogen-bond acceptors (Lipinski definition) is 1. The van der Waals surface area contributed by atoms with E-state index in [-0.39, 0.29) is 0 Å². The van der Waals surface area contributed by atoms with Crippen LogP contribution in [0.5, 0.6) is 0 Å². The van der Waals surface area contributed by atoms with Crippen LogP contribution in [-0.4, -0.2) is 25.5 Å². The summed E-state index contributed by atoms with van der Waals surface area (Å²) in [5.74, 6) is 0. The van der Waals surface area contributed by atoms with Crippen LogP contribution in [0.2, 0.25) is 0 Å². The molecule has 1 nitrogen and oxygen atoms in total. The number of rotatable bonds is 4. The van der Waals surface area contributed by atoms with E-state index < -0.39 is 0 Å². The Balaban J connectivity index is 3.22. The van der Waals surface area contributed by atoms with Crippen LogP contribution in [0, 0.1) is 40.0 Å². The Morgan fingerprint density at radius 2 is 1.11 bits per heavy atom. The van der Waals surface area contributed by atoms with Crippen LogP contribution in [0.1, 0.15) is 47.2 Å². The Labute approximate surface area is 120 Å². The van der Waals surface area contributed by atoms with Gasteiger partial charge in [0.25, 0.3) is 0 Å². The molecule has 1 aromatic carbocycles. The highest BCUT2D eigenvalue weighted by atomic mass is 15.1. The van der Waals surface area contributed by atoms with E-state index in [0.29, 0.717) is 5.41 Å². The monoisotopic (exact) mass is 261 g/mol. The van der Waals surface area contributed by atoms with Crippen LogP contribution < -0.4 is 0 Å². The maximum Gasteiger partial charge on any atom is 0.00298 e. The molecule has 0 aliphatic carbocycles. The van der Waals surface area contributed by atoms with Gasteiger partial charge in [-0.3, -0.25) is 0 Å². The lowest BCUT2D eigenvalue weighted by Gasteiger charge is -2.31. The molecular weight excluding hydrogens is 230 g/mol. The molecule has 19 heavy (non-hydrogen) atoms. The van der Waals surface area contributed by atoms with Gasteiger partial charge in [-0.25, -0.2) is 0 Å². The van der Waals surface area contributed by atoms with Gasteiger partial charge in [0.05, 0.1) is 0 Å². The van der Waals surface area contributed by atoms with Gasteiger partial charge in [0.2, 0.25) is 0 Å². The van der Waals surface area contributed by atoms with Crippen molar-refractivity contribution in [1.82, 2.24) is 4.90 Å². The molecule has 0 N–H and O–H groups in total. The van der Waals surface area contributed by atoms with Gasteiger partial charge >= 0.3 is 0 Å². The Morgan fingerprint density at radius 3 is 1.47 bits per heavy atom. The van der Waals surface area contributed by atoms with Gasteiger partial charge < -0.3 is 4.90 Å². The van der Waals surface area contributed by atoms with Crippen molar-refractivity contribution in [3.05, 3.63) is 33.4 Å². The zero-order valence-corrected chi connectivity index (χ0v) is 14.4. The lowest BCUT2D eigenvalue weighted by atomic mass is 9.79. The molecule has 0 unspecified atom stereocenters. The van der Waals surface area contributed by atoms with Gasteiger partial charge in [-0.05, 0) is 93.9 Å². The third kappa shape index (κ3) is 3.60.